The number of nitrogens with one attached hydrogen (secondary N) is 1. The zero-order valence-electron chi connectivity index (χ0n) is 12.4. The van der Waals surface area contributed by atoms with Crippen LogP contribution in [0.2, 0.25) is 0 Å². The molecule has 1 rings (SSSR count). The zero-order chi connectivity index (χ0) is 14.4. The molecule has 0 saturated heterocycles. The molecule has 4 heteroatoms. The van der Waals surface area contributed by atoms with Crippen LogP contribution in [0.25, 0.3) is 0 Å². The van der Waals surface area contributed by atoms with Gasteiger partial charge in [-0.05, 0) is 38.9 Å². The Morgan fingerprint density at radius 3 is 2.47 bits per heavy atom. The van der Waals surface area contributed by atoms with Crippen LogP contribution in [0.5, 0.6) is 11.5 Å². The molecule has 1 aromatic carbocycles. The third-order valence-electron chi connectivity index (χ3n) is 3.26. The Bertz CT molecular complexity index is 443. The first kappa shape index (κ1) is 15.5. The molecule has 1 unspecified atom stereocenters. The minimum absolute atomic E-state index is 0.102. The summed E-state index contributed by atoms with van der Waals surface area (Å²) in [6.45, 7) is 3.64. The van der Waals surface area contributed by atoms with Crippen LogP contribution >= 0.6 is 0 Å². The number of Topliss-reactive ketones (excluding diaryl/α,β-unsaturated/α-hetero) is 1. The van der Waals surface area contributed by atoms with Gasteiger partial charge in [0.25, 0.3) is 0 Å². The number of carbonyl (C=O) groups is 1. The number of benzene rings is 1. The van der Waals surface area contributed by atoms with Gasteiger partial charge in [-0.15, -0.1) is 0 Å². The Kier molecular flexibility index (Phi) is 5.83. The quantitative estimate of drug-likeness (QED) is 0.823. The minimum Gasteiger partial charge on any atom is -0.497 e. The molecule has 1 aromatic rings. The number of methoxy groups -OCH3 is 2. The second-order valence-corrected chi connectivity index (χ2v) is 4.64. The summed E-state index contributed by atoms with van der Waals surface area (Å²) in [5.74, 6) is 1.77. The lowest BCUT2D eigenvalue weighted by Gasteiger charge is -2.22. The summed E-state index contributed by atoms with van der Waals surface area (Å²) < 4.78 is 10.7. The van der Waals surface area contributed by atoms with Crippen molar-refractivity contribution in [3.63, 3.8) is 0 Å². The van der Waals surface area contributed by atoms with E-state index < -0.39 is 0 Å². The molecule has 4 nitrogen and oxygen atoms in total. The monoisotopic (exact) mass is 265 g/mol. The van der Waals surface area contributed by atoms with Crippen LogP contribution in [0, 0.1) is 6.92 Å². The van der Waals surface area contributed by atoms with E-state index in [2.05, 4.69) is 5.32 Å². The van der Waals surface area contributed by atoms with E-state index in [1.807, 2.05) is 26.1 Å². The molecule has 0 aliphatic carbocycles. The molecule has 0 saturated carbocycles. The highest BCUT2D eigenvalue weighted by molar-refractivity contribution is 5.75. The highest BCUT2D eigenvalue weighted by Gasteiger charge is 2.18. The van der Waals surface area contributed by atoms with Crippen LogP contribution in [-0.4, -0.2) is 27.1 Å². The number of rotatable bonds is 7. The van der Waals surface area contributed by atoms with Gasteiger partial charge in [-0.1, -0.05) is 0 Å². The number of aryl methyl sites for hydroxylation is 1. The predicted molar refractivity (Wildman–Crippen MR) is 76.0 cm³/mol. The lowest BCUT2D eigenvalue weighted by atomic mass is 9.95. The van der Waals surface area contributed by atoms with E-state index in [9.17, 15) is 4.79 Å². The van der Waals surface area contributed by atoms with Crippen molar-refractivity contribution in [2.45, 2.75) is 32.7 Å². The maximum atomic E-state index is 11.2. The van der Waals surface area contributed by atoms with Crippen LogP contribution in [-0.2, 0) is 4.79 Å². The van der Waals surface area contributed by atoms with E-state index >= 15 is 0 Å². The average molecular weight is 265 g/mol. The van der Waals surface area contributed by atoms with Gasteiger partial charge in [0.15, 0.2) is 0 Å². The Morgan fingerprint density at radius 2 is 2.00 bits per heavy atom. The van der Waals surface area contributed by atoms with Gasteiger partial charge in [0.1, 0.15) is 17.3 Å². The molecule has 19 heavy (non-hydrogen) atoms. The summed E-state index contributed by atoms with van der Waals surface area (Å²) in [5, 5.41) is 3.25. The molecule has 0 aromatic heterocycles. The molecule has 106 valence electrons. The number of ketones is 1. The summed E-state index contributed by atoms with van der Waals surface area (Å²) >= 11 is 0. The first-order valence-corrected chi connectivity index (χ1v) is 6.42. The van der Waals surface area contributed by atoms with Gasteiger partial charge < -0.3 is 19.6 Å². The van der Waals surface area contributed by atoms with E-state index in [1.54, 1.807) is 21.1 Å². The van der Waals surface area contributed by atoms with Crippen LogP contribution in [0.3, 0.4) is 0 Å². The highest BCUT2D eigenvalue weighted by Crippen LogP contribution is 2.34. The van der Waals surface area contributed by atoms with Crippen molar-refractivity contribution in [1.82, 2.24) is 5.32 Å². The van der Waals surface area contributed by atoms with E-state index in [1.165, 1.54) is 0 Å². The fourth-order valence-electron chi connectivity index (χ4n) is 2.25. The third-order valence-corrected chi connectivity index (χ3v) is 3.26. The van der Waals surface area contributed by atoms with E-state index in [-0.39, 0.29) is 11.8 Å². The van der Waals surface area contributed by atoms with Gasteiger partial charge in [0.2, 0.25) is 0 Å². The van der Waals surface area contributed by atoms with E-state index in [4.69, 9.17) is 9.47 Å². The Balaban J connectivity index is 3.11. The summed E-state index contributed by atoms with van der Waals surface area (Å²) in [4.78, 5) is 11.2. The number of hydrogen-bond donors (Lipinski definition) is 1. The average Bonchev–Trinajstić information content (AvgIpc) is 2.39. The normalized spacial score (nSPS) is 12.1. The zero-order valence-corrected chi connectivity index (χ0v) is 12.4. The molecular formula is C15H23NO3. The fraction of sp³-hybridized carbons (Fsp3) is 0.533. The second-order valence-electron chi connectivity index (χ2n) is 4.64. The third kappa shape index (κ3) is 3.96. The molecule has 0 bridgehead atoms. The lowest BCUT2D eigenvalue weighted by molar-refractivity contribution is -0.117. The summed E-state index contributed by atoms with van der Waals surface area (Å²) in [7, 11) is 5.18. The van der Waals surface area contributed by atoms with Crippen LogP contribution in [0.1, 0.15) is 36.9 Å². The van der Waals surface area contributed by atoms with Gasteiger partial charge >= 0.3 is 0 Å². The Morgan fingerprint density at radius 1 is 1.32 bits per heavy atom. The molecular weight excluding hydrogens is 242 g/mol. The number of ether oxygens (including phenoxy) is 2. The molecule has 1 atom stereocenters. The minimum atomic E-state index is 0.102. The van der Waals surface area contributed by atoms with E-state index in [0.29, 0.717) is 6.42 Å². The molecule has 0 fully saturated rings. The molecule has 0 amide bonds. The summed E-state index contributed by atoms with van der Waals surface area (Å²) in [6.07, 6.45) is 1.31. The van der Waals surface area contributed by atoms with Crippen LogP contribution < -0.4 is 14.8 Å². The van der Waals surface area contributed by atoms with Crippen molar-refractivity contribution in [3.8, 4) is 11.5 Å². The lowest BCUT2D eigenvalue weighted by Crippen LogP contribution is -2.19. The smallest absolute Gasteiger partial charge is 0.129 e. The standard InChI is InChI=1S/C15H23NO3/c1-10-8-12(18-4)9-14(19-5)15(10)13(16-3)7-6-11(2)17/h8-9,13,16H,6-7H2,1-5H3. The van der Waals surface area contributed by atoms with Crippen molar-refractivity contribution in [3.05, 3.63) is 23.3 Å². The summed E-state index contributed by atoms with van der Waals surface area (Å²) in [6, 6.07) is 3.96. The Hall–Kier alpha value is -1.55. The number of carbonyl (C=O) groups excluding carboxylic acids is 1. The largest absolute Gasteiger partial charge is 0.497 e. The van der Waals surface area contributed by atoms with Crippen molar-refractivity contribution in [1.29, 1.82) is 0 Å². The van der Waals surface area contributed by atoms with Crippen LogP contribution in [0.15, 0.2) is 12.1 Å². The highest BCUT2D eigenvalue weighted by atomic mass is 16.5. The topological polar surface area (TPSA) is 47.6 Å². The van der Waals surface area contributed by atoms with E-state index in [0.717, 1.165) is 29.0 Å². The second kappa shape index (κ2) is 7.14. The fourth-order valence-corrected chi connectivity index (χ4v) is 2.25. The molecule has 0 aliphatic rings. The van der Waals surface area contributed by atoms with Gasteiger partial charge in [-0.25, -0.2) is 0 Å². The van der Waals surface area contributed by atoms with Crippen molar-refractivity contribution in [2.75, 3.05) is 21.3 Å². The molecule has 0 radical (unpaired) electrons. The first-order chi connectivity index (χ1) is 9.03. The molecule has 1 N–H and O–H groups in total. The molecule has 0 heterocycles. The van der Waals surface area contributed by atoms with Crippen molar-refractivity contribution in [2.24, 2.45) is 0 Å². The maximum absolute atomic E-state index is 11.2. The molecule has 0 aliphatic heterocycles. The summed E-state index contributed by atoms with van der Waals surface area (Å²) in [5.41, 5.74) is 2.19. The first-order valence-electron chi connectivity index (χ1n) is 6.42. The van der Waals surface area contributed by atoms with Gasteiger partial charge in [-0.3, -0.25) is 0 Å². The SMILES string of the molecule is CNC(CCC(C)=O)c1c(C)cc(OC)cc1OC. The van der Waals surface area contributed by atoms with Crippen LogP contribution in [0.4, 0.5) is 0 Å². The van der Waals surface area contributed by atoms with Crippen molar-refractivity contribution >= 4 is 5.78 Å². The van der Waals surface area contributed by atoms with Gasteiger partial charge in [0.05, 0.1) is 14.2 Å². The van der Waals surface area contributed by atoms with Crippen molar-refractivity contribution < 1.29 is 14.3 Å². The number of hydrogen-bond acceptors (Lipinski definition) is 4. The van der Waals surface area contributed by atoms with Gasteiger partial charge in [-0.2, -0.15) is 0 Å². The molecule has 0 spiro atoms. The predicted octanol–water partition coefficient (Wildman–Crippen LogP) is 2.64. The maximum Gasteiger partial charge on any atom is 0.129 e. The van der Waals surface area contributed by atoms with Gasteiger partial charge in [0, 0.05) is 24.1 Å². The Labute approximate surface area is 115 Å².